The van der Waals surface area contributed by atoms with Gasteiger partial charge in [-0.3, -0.25) is 9.36 Å². The maximum Gasteiger partial charge on any atom is 0.192 e. The molecule has 0 saturated carbocycles. The first-order valence-corrected chi connectivity index (χ1v) is 10.5. The van der Waals surface area contributed by atoms with Gasteiger partial charge >= 0.3 is 0 Å². The van der Waals surface area contributed by atoms with Gasteiger partial charge in [0.1, 0.15) is 5.75 Å². The smallest absolute Gasteiger partial charge is 0.192 e. The number of aromatic amines is 1. The van der Waals surface area contributed by atoms with Crippen LogP contribution in [0.2, 0.25) is 0 Å². The van der Waals surface area contributed by atoms with Crippen LogP contribution in [-0.2, 0) is 6.54 Å². The number of nitrogens with one attached hydrogen (secondary N) is 1. The minimum atomic E-state index is 0.0640. The number of fused-ring (bicyclic) bond motifs is 1. The highest BCUT2D eigenvalue weighted by atomic mass is 32.2. The Labute approximate surface area is 179 Å². The number of Topliss-reactive ketones (excluding diaryl/α,β-unsaturated/α-hetero) is 1. The number of aryl methyl sites for hydroxylation is 1. The fraction of sp³-hybridized carbons (Fsp3) is 0.174. The number of thioether (sulfide) groups is 1. The molecule has 0 atom stereocenters. The van der Waals surface area contributed by atoms with Crippen molar-refractivity contribution in [2.45, 2.75) is 18.6 Å². The van der Waals surface area contributed by atoms with Crippen molar-refractivity contribution in [2.75, 3.05) is 12.9 Å². The Morgan fingerprint density at radius 1 is 1.20 bits per heavy atom. The number of ether oxygens (including phenoxy) is 1. The van der Waals surface area contributed by atoms with Crippen LogP contribution < -0.4 is 4.74 Å². The van der Waals surface area contributed by atoms with Gasteiger partial charge in [0.15, 0.2) is 16.8 Å². The maximum atomic E-state index is 13.0. The second-order valence-corrected chi connectivity index (χ2v) is 7.76. The molecule has 0 spiro atoms. The SMILES string of the molecule is C=CCn1c(SCC(=O)c2c(C)[nH]c3ccccc23)nnc1-c1ccc(OC)cc1. The predicted octanol–water partition coefficient (Wildman–Crippen LogP) is 4.90. The molecule has 0 radical (unpaired) electrons. The Hall–Kier alpha value is -3.32. The summed E-state index contributed by atoms with van der Waals surface area (Å²) < 4.78 is 7.19. The van der Waals surface area contributed by atoms with Gasteiger partial charge in [0.25, 0.3) is 0 Å². The van der Waals surface area contributed by atoms with E-state index in [0.29, 0.717) is 11.7 Å². The Morgan fingerprint density at radius 3 is 2.70 bits per heavy atom. The first kappa shape index (κ1) is 20.0. The summed E-state index contributed by atoms with van der Waals surface area (Å²) in [6.07, 6.45) is 1.80. The van der Waals surface area contributed by atoms with E-state index in [-0.39, 0.29) is 11.5 Å². The molecule has 1 N–H and O–H groups in total. The maximum absolute atomic E-state index is 13.0. The van der Waals surface area contributed by atoms with Crippen LogP contribution in [0, 0.1) is 6.92 Å². The van der Waals surface area contributed by atoms with Gasteiger partial charge in [-0.2, -0.15) is 0 Å². The van der Waals surface area contributed by atoms with Crippen molar-refractivity contribution >= 4 is 28.4 Å². The molecule has 2 heterocycles. The number of carbonyl (C=O) groups is 1. The molecule has 0 unspecified atom stereocenters. The second kappa shape index (κ2) is 8.59. The molecule has 0 aliphatic heterocycles. The zero-order chi connectivity index (χ0) is 21.1. The number of allylic oxidation sites excluding steroid dienone is 1. The van der Waals surface area contributed by atoms with Crippen molar-refractivity contribution in [2.24, 2.45) is 0 Å². The standard InChI is InChI=1S/C23H22N4O2S/c1-4-13-27-22(16-9-11-17(29-3)12-10-16)25-26-23(27)30-14-20(28)21-15(2)24-19-8-6-5-7-18(19)21/h4-12,24H,1,13-14H2,2-3H3. The number of aromatic nitrogens is 4. The van der Waals surface area contributed by atoms with E-state index < -0.39 is 0 Å². The van der Waals surface area contributed by atoms with E-state index in [9.17, 15) is 4.79 Å². The summed E-state index contributed by atoms with van der Waals surface area (Å²) in [5, 5.41) is 10.3. The van der Waals surface area contributed by atoms with Gasteiger partial charge in [-0.1, -0.05) is 36.0 Å². The molecular weight excluding hydrogens is 396 g/mol. The highest BCUT2D eigenvalue weighted by Gasteiger charge is 2.19. The van der Waals surface area contributed by atoms with Crippen molar-refractivity contribution in [3.8, 4) is 17.1 Å². The van der Waals surface area contributed by atoms with Crippen molar-refractivity contribution in [3.05, 3.63) is 72.4 Å². The van der Waals surface area contributed by atoms with E-state index >= 15 is 0 Å². The van der Waals surface area contributed by atoms with Crippen LogP contribution in [0.3, 0.4) is 0 Å². The topological polar surface area (TPSA) is 72.8 Å². The summed E-state index contributed by atoms with van der Waals surface area (Å²) in [5.41, 5.74) is 3.52. The van der Waals surface area contributed by atoms with Crippen LogP contribution in [0.25, 0.3) is 22.3 Å². The van der Waals surface area contributed by atoms with E-state index in [0.717, 1.165) is 39.3 Å². The van der Waals surface area contributed by atoms with Gasteiger partial charge in [-0.25, -0.2) is 0 Å². The lowest BCUT2D eigenvalue weighted by Crippen LogP contribution is -2.06. The molecule has 2 aromatic heterocycles. The number of para-hydroxylation sites is 1. The Balaban J connectivity index is 1.58. The number of rotatable bonds is 8. The van der Waals surface area contributed by atoms with Crippen LogP contribution in [-0.4, -0.2) is 38.4 Å². The normalized spacial score (nSPS) is 11.0. The number of methoxy groups -OCH3 is 1. The average Bonchev–Trinajstić information content (AvgIpc) is 3.32. The van der Waals surface area contributed by atoms with Crippen molar-refractivity contribution in [1.29, 1.82) is 0 Å². The fourth-order valence-electron chi connectivity index (χ4n) is 3.48. The summed E-state index contributed by atoms with van der Waals surface area (Å²) in [6.45, 7) is 6.33. The van der Waals surface area contributed by atoms with Crippen LogP contribution in [0.5, 0.6) is 5.75 Å². The van der Waals surface area contributed by atoms with Crippen LogP contribution in [0.15, 0.2) is 66.3 Å². The second-order valence-electron chi connectivity index (χ2n) is 6.82. The fourth-order valence-corrected chi connectivity index (χ4v) is 4.30. The van der Waals surface area contributed by atoms with Gasteiger partial charge in [0.2, 0.25) is 0 Å². The number of carbonyl (C=O) groups excluding carboxylic acids is 1. The average molecular weight is 419 g/mol. The number of ketones is 1. The number of hydrogen-bond acceptors (Lipinski definition) is 5. The molecule has 0 bridgehead atoms. The number of hydrogen-bond donors (Lipinski definition) is 1. The van der Waals surface area contributed by atoms with Crippen LogP contribution >= 0.6 is 11.8 Å². The van der Waals surface area contributed by atoms with Crippen molar-refractivity contribution < 1.29 is 9.53 Å². The van der Waals surface area contributed by atoms with Crippen molar-refractivity contribution in [1.82, 2.24) is 19.7 Å². The third-order valence-corrected chi connectivity index (χ3v) is 5.85. The number of nitrogens with zero attached hydrogens (tertiary/aromatic N) is 3. The predicted molar refractivity (Wildman–Crippen MR) is 120 cm³/mol. The molecule has 0 amide bonds. The molecule has 6 nitrogen and oxygen atoms in total. The zero-order valence-electron chi connectivity index (χ0n) is 16.9. The van der Waals surface area contributed by atoms with Gasteiger partial charge in [-0.05, 0) is 37.3 Å². The van der Waals surface area contributed by atoms with E-state index in [1.165, 1.54) is 11.8 Å². The van der Waals surface area contributed by atoms with Gasteiger partial charge in [0.05, 0.1) is 12.9 Å². The molecule has 7 heteroatoms. The monoisotopic (exact) mass is 418 g/mol. The molecule has 0 fully saturated rings. The highest BCUT2D eigenvalue weighted by molar-refractivity contribution is 7.99. The Kier molecular flexibility index (Phi) is 5.72. The first-order valence-electron chi connectivity index (χ1n) is 9.54. The zero-order valence-corrected chi connectivity index (χ0v) is 17.7. The summed E-state index contributed by atoms with van der Waals surface area (Å²) in [5.74, 6) is 1.85. The largest absolute Gasteiger partial charge is 0.497 e. The minimum Gasteiger partial charge on any atom is -0.497 e. The third kappa shape index (κ3) is 3.76. The minimum absolute atomic E-state index is 0.0640. The van der Waals surface area contributed by atoms with Gasteiger partial charge in [-0.15, -0.1) is 16.8 Å². The summed E-state index contributed by atoms with van der Waals surface area (Å²) in [7, 11) is 1.64. The molecule has 152 valence electrons. The lowest BCUT2D eigenvalue weighted by Gasteiger charge is -2.08. The highest BCUT2D eigenvalue weighted by Crippen LogP contribution is 2.28. The number of H-pyrrole nitrogens is 1. The molecule has 0 aliphatic carbocycles. The molecular formula is C23H22N4O2S. The molecule has 30 heavy (non-hydrogen) atoms. The Morgan fingerprint density at radius 2 is 1.97 bits per heavy atom. The summed E-state index contributed by atoms with van der Waals surface area (Å²) in [6, 6.07) is 15.5. The van der Waals surface area contributed by atoms with Gasteiger partial charge < -0.3 is 9.72 Å². The molecule has 2 aromatic carbocycles. The lowest BCUT2D eigenvalue weighted by atomic mass is 10.1. The third-order valence-electron chi connectivity index (χ3n) is 4.88. The molecule has 0 saturated heterocycles. The summed E-state index contributed by atoms with van der Waals surface area (Å²) >= 11 is 1.39. The van der Waals surface area contributed by atoms with E-state index in [2.05, 4.69) is 21.8 Å². The summed E-state index contributed by atoms with van der Waals surface area (Å²) in [4.78, 5) is 16.3. The van der Waals surface area contributed by atoms with E-state index in [1.807, 2.05) is 60.0 Å². The quantitative estimate of drug-likeness (QED) is 0.250. The molecule has 4 rings (SSSR count). The molecule has 0 aliphatic rings. The lowest BCUT2D eigenvalue weighted by molar-refractivity contribution is 0.102. The first-order chi connectivity index (χ1) is 14.6. The molecule has 4 aromatic rings. The van der Waals surface area contributed by atoms with E-state index in [4.69, 9.17) is 4.74 Å². The number of benzene rings is 2. The van der Waals surface area contributed by atoms with E-state index in [1.54, 1.807) is 13.2 Å². The van der Waals surface area contributed by atoms with Crippen LogP contribution in [0.1, 0.15) is 16.1 Å². The Bertz CT molecular complexity index is 1210. The van der Waals surface area contributed by atoms with Crippen molar-refractivity contribution in [3.63, 3.8) is 0 Å². The van der Waals surface area contributed by atoms with Gasteiger partial charge in [0, 0.05) is 34.3 Å². The van der Waals surface area contributed by atoms with Crippen LogP contribution in [0.4, 0.5) is 0 Å².